The third kappa shape index (κ3) is 8.08. The summed E-state index contributed by atoms with van der Waals surface area (Å²) in [6.45, 7) is 0.151. The minimum Gasteiger partial charge on any atom is -0.371 e. The molecule has 0 aliphatic heterocycles. The lowest BCUT2D eigenvalue weighted by Gasteiger charge is -2.08. The van der Waals surface area contributed by atoms with Crippen molar-refractivity contribution in [3.05, 3.63) is 35.9 Å². The molecule has 1 rings (SSSR count). The average Bonchev–Trinajstić information content (AvgIpc) is 2.32. The molecule has 5 heteroatoms. The van der Waals surface area contributed by atoms with Gasteiger partial charge in [0.2, 0.25) is 0 Å². The number of hydrogen-bond donors (Lipinski definition) is 1. The summed E-state index contributed by atoms with van der Waals surface area (Å²) in [5.41, 5.74) is 1.27. The van der Waals surface area contributed by atoms with Crippen LogP contribution in [0, 0.1) is 0 Å². The zero-order valence-corrected chi connectivity index (χ0v) is 10.2. The summed E-state index contributed by atoms with van der Waals surface area (Å²) in [4.78, 5) is 0. The van der Waals surface area contributed by atoms with Crippen LogP contribution in [-0.4, -0.2) is 32.5 Å². The van der Waals surface area contributed by atoms with Crippen molar-refractivity contribution < 1.29 is 17.9 Å². The van der Waals surface area contributed by atoms with Gasteiger partial charge in [0.15, 0.2) is 0 Å². The highest BCUT2D eigenvalue weighted by Gasteiger charge is 2.27. The molecule has 0 saturated carbocycles. The first kappa shape index (κ1) is 15.0. The predicted molar refractivity (Wildman–Crippen MR) is 64.5 cm³/mol. The Labute approximate surface area is 105 Å². The van der Waals surface area contributed by atoms with Gasteiger partial charge in [0, 0.05) is 6.54 Å². The zero-order chi connectivity index (χ0) is 13.3. The second kappa shape index (κ2) is 8.11. The molecule has 102 valence electrons. The lowest BCUT2D eigenvalue weighted by atomic mass is 10.1. The maximum absolute atomic E-state index is 11.7. The smallest absolute Gasteiger partial charge is 0.371 e. The summed E-state index contributed by atoms with van der Waals surface area (Å²) in [5, 5.41) is 3.05. The number of alkyl halides is 3. The van der Waals surface area contributed by atoms with E-state index in [-0.39, 0.29) is 6.61 Å². The first-order valence-electron chi connectivity index (χ1n) is 5.97. The van der Waals surface area contributed by atoms with E-state index >= 15 is 0 Å². The van der Waals surface area contributed by atoms with E-state index in [2.05, 4.69) is 22.2 Å². The van der Waals surface area contributed by atoms with Gasteiger partial charge < -0.3 is 10.1 Å². The second-order valence-corrected chi connectivity index (χ2v) is 4.01. The number of ether oxygens (including phenoxy) is 1. The first-order chi connectivity index (χ1) is 8.58. The summed E-state index contributed by atoms with van der Waals surface area (Å²) in [6.07, 6.45) is -2.30. The maximum Gasteiger partial charge on any atom is 0.411 e. The highest BCUT2D eigenvalue weighted by atomic mass is 19.4. The quantitative estimate of drug-likeness (QED) is 0.727. The SMILES string of the molecule is FC(F)(F)COCCNCCCc1ccccc1. The van der Waals surface area contributed by atoms with E-state index in [0.717, 1.165) is 19.4 Å². The van der Waals surface area contributed by atoms with E-state index in [4.69, 9.17) is 0 Å². The van der Waals surface area contributed by atoms with Crippen LogP contribution in [0.1, 0.15) is 12.0 Å². The van der Waals surface area contributed by atoms with Gasteiger partial charge in [0.1, 0.15) is 6.61 Å². The van der Waals surface area contributed by atoms with Crippen LogP contribution in [-0.2, 0) is 11.2 Å². The Balaban J connectivity index is 1.90. The lowest BCUT2D eigenvalue weighted by molar-refractivity contribution is -0.173. The fourth-order valence-corrected chi connectivity index (χ4v) is 1.52. The van der Waals surface area contributed by atoms with Crippen molar-refractivity contribution in [2.75, 3.05) is 26.3 Å². The van der Waals surface area contributed by atoms with Gasteiger partial charge in [-0.05, 0) is 24.9 Å². The Kier molecular flexibility index (Phi) is 6.75. The Morgan fingerprint density at radius 1 is 1.06 bits per heavy atom. The molecule has 1 aromatic carbocycles. The average molecular weight is 261 g/mol. The van der Waals surface area contributed by atoms with Crippen LogP contribution in [0.15, 0.2) is 30.3 Å². The molecule has 1 N–H and O–H groups in total. The third-order valence-electron chi connectivity index (χ3n) is 2.35. The number of benzene rings is 1. The fraction of sp³-hybridized carbons (Fsp3) is 0.538. The molecule has 18 heavy (non-hydrogen) atoms. The standard InChI is InChI=1S/C13H18F3NO/c14-13(15,16)11-18-10-9-17-8-4-7-12-5-2-1-3-6-12/h1-3,5-6,17H,4,7-11H2. The van der Waals surface area contributed by atoms with E-state index in [0.29, 0.717) is 6.54 Å². The minimum atomic E-state index is -4.23. The number of rotatable bonds is 8. The van der Waals surface area contributed by atoms with Crippen LogP contribution >= 0.6 is 0 Å². The molecule has 0 spiro atoms. The van der Waals surface area contributed by atoms with Gasteiger partial charge in [0.25, 0.3) is 0 Å². The molecule has 0 amide bonds. The Morgan fingerprint density at radius 3 is 2.44 bits per heavy atom. The van der Waals surface area contributed by atoms with Gasteiger partial charge in [-0.3, -0.25) is 0 Å². The molecule has 2 nitrogen and oxygen atoms in total. The molecular weight excluding hydrogens is 243 g/mol. The van der Waals surface area contributed by atoms with E-state index in [1.807, 2.05) is 18.2 Å². The largest absolute Gasteiger partial charge is 0.411 e. The van der Waals surface area contributed by atoms with E-state index in [1.165, 1.54) is 5.56 Å². The van der Waals surface area contributed by atoms with Crippen molar-refractivity contribution >= 4 is 0 Å². The van der Waals surface area contributed by atoms with Crippen molar-refractivity contribution in [2.45, 2.75) is 19.0 Å². The van der Waals surface area contributed by atoms with Crippen molar-refractivity contribution in [1.82, 2.24) is 5.32 Å². The van der Waals surface area contributed by atoms with E-state index < -0.39 is 12.8 Å². The van der Waals surface area contributed by atoms with Crippen LogP contribution in [0.25, 0.3) is 0 Å². The molecule has 0 heterocycles. The normalized spacial score (nSPS) is 11.7. The summed E-state index contributed by atoms with van der Waals surface area (Å²) < 4.78 is 39.7. The molecule has 0 aliphatic rings. The maximum atomic E-state index is 11.7. The highest BCUT2D eigenvalue weighted by molar-refractivity contribution is 5.14. The molecule has 0 aliphatic carbocycles. The number of hydrogen-bond acceptors (Lipinski definition) is 2. The third-order valence-corrected chi connectivity index (χ3v) is 2.35. The van der Waals surface area contributed by atoms with Crippen molar-refractivity contribution in [3.8, 4) is 0 Å². The molecule has 0 saturated heterocycles. The Hall–Kier alpha value is -1.07. The van der Waals surface area contributed by atoms with Crippen LogP contribution in [0.5, 0.6) is 0 Å². The molecule has 0 radical (unpaired) electrons. The monoisotopic (exact) mass is 261 g/mol. The van der Waals surface area contributed by atoms with Gasteiger partial charge in [0.05, 0.1) is 6.61 Å². The summed E-state index contributed by atoms with van der Waals surface area (Å²) in [5.74, 6) is 0. The van der Waals surface area contributed by atoms with Crippen molar-refractivity contribution in [3.63, 3.8) is 0 Å². The molecule has 0 unspecified atom stereocenters. The molecule has 1 aromatic rings. The van der Waals surface area contributed by atoms with Gasteiger partial charge in [-0.1, -0.05) is 30.3 Å². The topological polar surface area (TPSA) is 21.3 Å². The summed E-state index contributed by atoms with van der Waals surface area (Å²) in [7, 11) is 0. The van der Waals surface area contributed by atoms with Gasteiger partial charge in [-0.2, -0.15) is 13.2 Å². The van der Waals surface area contributed by atoms with Crippen LogP contribution in [0.4, 0.5) is 13.2 Å². The lowest BCUT2D eigenvalue weighted by Crippen LogP contribution is -2.24. The second-order valence-electron chi connectivity index (χ2n) is 4.01. The molecule has 0 atom stereocenters. The van der Waals surface area contributed by atoms with Gasteiger partial charge in [-0.15, -0.1) is 0 Å². The number of halogens is 3. The van der Waals surface area contributed by atoms with Gasteiger partial charge >= 0.3 is 6.18 Å². The van der Waals surface area contributed by atoms with Crippen LogP contribution in [0.2, 0.25) is 0 Å². The minimum absolute atomic E-state index is 0.0881. The van der Waals surface area contributed by atoms with Crippen molar-refractivity contribution in [1.29, 1.82) is 0 Å². The zero-order valence-electron chi connectivity index (χ0n) is 10.2. The van der Waals surface area contributed by atoms with Crippen LogP contribution < -0.4 is 5.32 Å². The first-order valence-corrected chi connectivity index (χ1v) is 5.97. The summed E-state index contributed by atoms with van der Waals surface area (Å²) in [6, 6.07) is 10.1. The fourth-order valence-electron chi connectivity index (χ4n) is 1.52. The van der Waals surface area contributed by atoms with Crippen molar-refractivity contribution in [2.24, 2.45) is 0 Å². The number of aryl methyl sites for hydroxylation is 1. The molecule has 0 bridgehead atoms. The van der Waals surface area contributed by atoms with E-state index in [1.54, 1.807) is 0 Å². The predicted octanol–water partition coefficient (Wildman–Crippen LogP) is 2.79. The number of nitrogens with one attached hydrogen (secondary N) is 1. The summed E-state index contributed by atoms with van der Waals surface area (Å²) >= 11 is 0. The molecular formula is C13H18F3NO. The Morgan fingerprint density at radius 2 is 1.78 bits per heavy atom. The van der Waals surface area contributed by atoms with Crippen LogP contribution in [0.3, 0.4) is 0 Å². The molecule has 0 aromatic heterocycles. The highest BCUT2D eigenvalue weighted by Crippen LogP contribution is 2.13. The van der Waals surface area contributed by atoms with E-state index in [9.17, 15) is 13.2 Å². The van der Waals surface area contributed by atoms with Gasteiger partial charge in [-0.25, -0.2) is 0 Å². The molecule has 0 fully saturated rings. The Bertz CT molecular complexity index is 314.